The van der Waals surface area contributed by atoms with E-state index in [2.05, 4.69) is 5.32 Å². The largest absolute Gasteiger partial charge is 0.404 e. The van der Waals surface area contributed by atoms with Crippen molar-refractivity contribution >= 4 is 5.91 Å². The molecule has 60 valence electrons. The second-order valence-electron chi connectivity index (χ2n) is 1.43. The molecule has 0 aliphatic heterocycles. The maximum atomic E-state index is 10.5. The average molecular weight is 144 g/mol. The van der Waals surface area contributed by atoms with E-state index in [0.717, 1.165) is 0 Å². The lowest BCUT2D eigenvalue weighted by Gasteiger charge is -1.94. The van der Waals surface area contributed by atoms with E-state index in [0.29, 0.717) is 5.57 Å². The lowest BCUT2D eigenvalue weighted by molar-refractivity contribution is -0.117. The van der Waals surface area contributed by atoms with Gasteiger partial charge in [0.15, 0.2) is 0 Å². The van der Waals surface area contributed by atoms with Gasteiger partial charge in [-0.2, -0.15) is 0 Å². The summed E-state index contributed by atoms with van der Waals surface area (Å²) >= 11 is 0. The molecule has 0 atom stereocenters. The Kier molecular flexibility index (Phi) is 9.42. The first-order valence-electron chi connectivity index (χ1n) is 3.33. The van der Waals surface area contributed by atoms with Crippen LogP contribution in [-0.4, -0.2) is 13.0 Å². The molecule has 3 heteroatoms. The SMILES string of the molecule is CC.CNC(=O)/C(C)=C\N. The van der Waals surface area contributed by atoms with E-state index >= 15 is 0 Å². The Morgan fingerprint density at radius 2 is 1.90 bits per heavy atom. The van der Waals surface area contributed by atoms with E-state index in [4.69, 9.17) is 5.73 Å². The molecule has 3 nitrogen and oxygen atoms in total. The molecule has 0 fully saturated rings. The van der Waals surface area contributed by atoms with E-state index in [1.165, 1.54) is 6.20 Å². The van der Waals surface area contributed by atoms with E-state index in [-0.39, 0.29) is 5.91 Å². The van der Waals surface area contributed by atoms with Crippen molar-refractivity contribution in [1.82, 2.24) is 5.32 Å². The van der Waals surface area contributed by atoms with E-state index in [1.807, 2.05) is 13.8 Å². The van der Waals surface area contributed by atoms with Crippen LogP contribution in [0.3, 0.4) is 0 Å². The van der Waals surface area contributed by atoms with Crippen molar-refractivity contribution in [2.75, 3.05) is 7.05 Å². The van der Waals surface area contributed by atoms with Crippen LogP contribution in [0.4, 0.5) is 0 Å². The van der Waals surface area contributed by atoms with Gasteiger partial charge in [-0.25, -0.2) is 0 Å². The first-order chi connectivity index (χ1) is 4.72. The van der Waals surface area contributed by atoms with Crippen molar-refractivity contribution in [3.05, 3.63) is 11.8 Å². The summed E-state index contributed by atoms with van der Waals surface area (Å²) in [7, 11) is 1.56. The van der Waals surface area contributed by atoms with Gasteiger partial charge in [0.1, 0.15) is 0 Å². The van der Waals surface area contributed by atoms with Gasteiger partial charge in [0.25, 0.3) is 0 Å². The summed E-state index contributed by atoms with van der Waals surface area (Å²) < 4.78 is 0. The molecule has 0 bridgehead atoms. The number of amides is 1. The Morgan fingerprint density at radius 3 is 2.00 bits per heavy atom. The molecule has 0 aromatic carbocycles. The highest BCUT2D eigenvalue weighted by atomic mass is 16.1. The Balaban J connectivity index is 0. The fourth-order valence-electron chi connectivity index (χ4n) is 0.273. The highest BCUT2D eigenvalue weighted by molar-refractivity contribution is 5.92. The van der Waals surface area contributed by atoms with Crippen LogP contribution in [0.15, 0.2) is 11.8 Å². The van der Waals surface area contributed by atoms with Crippen molar-refractivity contribution in [2.24, 2.45) is 5.73 Å². The fraction of sp³-hybridized carbons (Fsp3) is 0.571. The summed E-state index contributed by atoms with van der Waals surface area (Å²) in [6.07, 6.45) is 1.28. The quantitative estimate of drug-likeness (QED) is 0.530. The van der Waals surface area contributed by atoms with E-state index < -0.39 is 0 Å². The van der Waals surface area contributed by atoms with Gasteiger partial charge in [0.2, 0.25) is 5.91 Å². The zero-order chi connectivity index (χ0) is 8.57. The first-order valence-corrected chi connectivity index (χ1v) is 3.33. The minimum atomic E-state index is -0.132. The molecule has 3 N–H and O–H groups in total. The fourth-order valence-corrected chi connectivity index (χ4v) is 0.273. The maximum absolute atomic E-state index is 10.5. The molecule has 1 amide bonds. The van der Waals surface area contributed by atoms with Gasteiger partial charge < -0.3 is 11.1 Å². The Morgan fingerprint density at radius 1 is 1.50 bits per heavy atom. The number of rotatable bonds is 1. The predicted octanol–water partition coefficient (Wildman–Crippen LogP) is 0.621. The molecule has 10 heavy (non-hydrogen) atoms. The molecule has 0 saturated heterocycles. The summed E-state index contributed by atoms with van der Waals surface area (Å²) in [6.45, 7) is 5.65. The van der Waals surface area contributed by atoms with E-state index in [9.17, 15) is 4.79 Å². The lowest BCUT2D eigenvalue weighted by Crippen LogP contribution is -2.19. The third kappa shape index (κ3) is 5.15. The third-order valence-electron chi connectivity index (χ3n) is 0.835. The molecule has 0 rings (SSSR count). The molecule has 0 spiro atoms. The lowest BCUT2D eigenvalue weighted by atomic mass is 10.3. The molecule has 0 saturated carbocycles. The van der Waals surface area contributed by atoms with Crippen molar-refractivity contribution in [2.45, 2.75) is 20.8 Å². The highest BCUT2D eigenvalue weighted by Crippen LogP contribution is 1.84. The Hall–Kier alpha value is -0.990. The van der Waals surface area contributed by atoms with Crippen LogP contribution in [0, 0.1) is 0 Å². The zero-order valence-electron chi connectivity index (χ0n) is 7.06. The van der Waals surface area contributed by atoms with Gasteiger partial charge in [0, 0.05) is 18.8 Å². The second-order valence-corrected chi connectivity index (χ2v) is 1.43. The predicted molar refractivity (Wildman–Crippen MR) is 43.4 cm³/mol. The summed E-state index contributed by atoms with van der Waals surface area (Å²) in [5.41, 5.74) is 5.56. The smallest absolute Gasteiger partial charge is 0.248 e. The van der Waals surface area contributed by atoms with Crippen molar-refractivity contribution in [1.29, 1.82) is 0 Å². The standard InChI is InChI=1S/C5H10N2O.C2H6/c1-4(3-6)5(8)7-2;1-2/h3H,6H2,1-2H3,(H,7,8);1-2H3/b4-3-;. The van der Waals surface area contributed by atoms with Gasteiger partial charge in [-0.1, -0.05) is 13.8 Å². The van der Waals surface area contributed by atoms with Gasteiger partial charge in [-0.05, 0) is 6.92 Å². The molecular formula is C7H16N2O. The number of carbonyl (C=O) groups is 1. The number of carbonyl (C=O) groups excluding carboxylic acids is 1. The summed E-state index contributed by atoms with van der Waals surface area (Å²) in [5.74, 6) is -0.132. The van der Waals surface area contributed by atoms with E-state index in [1.54, 1.807) is 14.0 Å². The first kappa shape index (κ1) is 11.8. The minimum Gasteiger partial charge on any atom is -0.404 e. The van der Waals surface area contributed by atoms with Gasteiger partial charge >= 0.3 is 0 Å². The van der Waals surface area contributed by atoms with Gasteiger partial charge in [-0.15, -0.1) is 0 Å². The van der Waals surface area contributed by atoms with Crippen molar-refractivity contribution in [3.63, 3.8) is 0 Å². The maximum Gasteiger partial charge on any atom is 0.248 e. The zero-order valence-corrected chi connectivity index (χ0v) is 7.06. The van der Waals surface area contributed by atoms with Crippen molar-refractivity contribution < 1.29 is 4.79 Å². The average Bonchev–Trinajstić information content (AvgIpc) is 2.05. The Bertz CT molecular complexity index is 119. The monoisotopic (exact) mass is 144 g/mol. The normalized spacial score (nSPS) is 9.40. The van der Waals surface area contributed by atoms with Crippen LogP contribution in [0.25, 0.3) is 0 Å². The molecule has 0 aromatic heterocycles. The van der Waals surface area contributed by atoms with Crippen LogP contribution in [-0.2, 0) is 4.79 Å². The van der Waals surface area contributed by atoms with Crippen LogP contribution in [0.1, 0.15) is 20.8 Å². The molecule has 0 unspecified atom stereocenters. The van der Waals surface area contributed by atoms with Crippen LogP contribution in [0.2, 0.25) is 0 Å². The number of nitrogens with one attached hydrogen (secondary N) is 1. The highest BCUT2D eigenvalue weighted by Gasteiger charge is 1.95. The molecule has 0 radical (unpaired) electrons. The molecular weight excluding hydrogens is 128 g/mol. The van der Waals surface area contributed by atoms with Gasteiger partial charge in [-0.3, -0.25) is 4.79 Å². The van der Waals surface area contributed by atoms with Crippen molar-refractivity contribution in [3.8, 4) is 0 Å². The topological polar surface area (TPSA) is 55.1 Å². The number of nitrogens with two attached hydrogens (primary N) is 1. The molecule has 0 aliphatic carbocycles. The summed E-state index contributed by atoms with van der Waals surface area (Å²) in [6, 6.07) is 0. The van der Waals surface area contributed by atoms with Crippen LogP contribution < -0.4 is 11.1 Å². The molecule has 0 aromatic rings. The number of hydrogen-bond acceptors (Lipinski definition) is 2. The minimum absolute atomic E-state index is 0.132. The van der Waals surface area contributed by atoms with Crippen LogP contribution in [0.5, 0.6) is 0 Å². The third-order valence-corrected chi connectivity index (χ3v) is 0.835. The number of hydrogen-bond donors (Lipinski definition) is 2. The second kappa shape index (κ2) is 8.01. The van der Waals surface area contributed by atoms with Crippen LogP contribution >= 0.6 is 0 Å². The summed E-state index contributed by atoms with van der Waals surface area (Å²) in [5, 5.41) is 2.43. The summed E-state index contributed by atoms with van der Waals surface area (Å²) in [4.78, 5) is 10.5. The molecule has 0 heterocycles. The Labute approximate surface area is 62.3 Å². The van der Waals surface area contributed by atoms with Gasteiger partial charge in [0.05, 0.1) is 0 Å². The number of likely N-dealkylation sites (N-methyl/N-ethyl adjacent to an activating group) is 1. The molecule has 0 aliphatic rings.